The van der Waals surface area contributed by atoms with E-state index in [-0.39, 0.29) is 11.4 Å². The Kier molecular flexibility index (Phi) is 2.89. The molecule has 0 spiro atoms. The number of nitrogens with zero attached hydrogens (tertiary/aromatic N) is 1. The number of hydrogen-bond donors (Lipinski definition) is 2. The van der Waals surface area contributed by atoms with Crippen molar-refractivity contribution in [3.05, 3.63) is 58.8 Å². The number of pyridine rings is 1. The molecule has 4 aromatic rings. The van der Waals surface area contributed by atoms with Crippen molar-refractivity contribution >= 4 is 42.3 Å². The van der Waals surface area contributed by atoms with Crippen LogP contribution in [0.1, 0.15) is 0 Å². The monoisotopic (exact) mass is 358 g/mol. The average Bonchev–Trinajstić information content (AvgIpc) is 2.95. The van der Waals surface area contributed by atoms with Gasteiger partial charge in [0.15, 0.2) is 0 Å². The Morgan fingerprint density at radius 1 is 1.09 bits per heavy atom. The van der Waals surface area contributed by atoms with Crippen LogP contribution in [0.2, 0.25) is 0 Å². The standard InChI is InChI=1S/C16H9FN3OSe/c17-10-3-1-8(2-4-10)14-11-5-9-7-18-20-12(9)6-13(11)19-16(21)15(14)22/h1-7H,(H,18,20)(H,19,21). The van der Waals surface area contributed by atoms with E-state index in [9.17, 15) is 9.18 Å². The van der Waals surface area contributed by atoms with Gasteiger partial charge in [0.25, 0.3) is 0 Å². The zero-order valence-electron chi connectivity index (χ0n) is 11.2. The molecule has 0 saturated heterocycles. The van der Waals surface area contributed by atoms with Crippen molar-refractivity contribution in [3.8, 4) is 11.1 Å². The van der Waals surface area contributed by atoms with Gasteiger partial charge >= 0.3 is 132 Å². The number of aromatic nitrogens is 3. The zero-order valence-corrected chi connectivity index (χ0v) is 12.9. The first kappa shape index (κ1) is 13.2. The van der Waals surface area contributed by atoms with Crippen molar-refractivity contribution in [2.75, 3.05) is 0 Å². The number of nitrogens with one attached hydrogen (secondary N) is 2. The molecule has 1 radical (unpaired) electrons. The Morgan fingerprint density at radius 3 is 2.64 bits per heavy atom. The summed E-state index contributed by atoms with van der Waals surface area (Å²) in [6, 6.07) is 9.93. The molecule has 4 nitrogen and oxygen atoms in total. The zero-order chi connectivity index (χ0) is 15.3. The Hall–Kier alpha value is -2.43. The van der Waals surface area contributed by atoms with E-state index in [1.807, 2.05) is 12.1 Å². The molecule has 0 saturated carbocycles. The maximum atomic E-state index is 13.2. The summed E-state index contributed by atoms with van der Waals surface area (Å²) >= 11 is 2.83. The molecule has 2 N–H and O–H groups in total. The summed E-state index contributed by atoms with van der Waals surface area (Å²) in [4.78, 5) is 15.0. The van der Waals surface area contributed by atoms with Crippen molar-refractivity contribution in [2.24, 2.45) is 0 Å². The van der Waals surface area contributed by atoms with Crippen molar-refractivity contribution < 1.29 is 4.39 Å². The second-order valence-corrected chi connectivity index (χ2v) is 5.88. The van der Waals surface area contributed by atoms with Crippen LogP contribution in [0.4, 0.5) is 4.39 Å². The first-order valence-corrected chi connectivity index (χ1v) is 7.45. The average molecular weight is 357 g/mol. The summed E-state index contributed by atoms with van der Waals surface area (Å²) in [6.07, 6.45) is 1.73. The molecule has 2 heterocycles. The molecule has 0 amide bonds. The number of benzene rings is 2. The molecular formula is C16H9FN3OSe. The third-order valence-corrected chi connectivity index (χ3v) is 4.48. The van der Waals surface area contributed by atoms with Gasteiger partial charge in [0.05, 0.1) is 0 Å². The molecule has 2 aromatic carbocycles. The Balaban J connectivity index is 2.16. The van der Waals surface area contributed by atoms with Crippen molar-refractivity contribution in [2.45, 2.75) is 0 Å². The summed E-state index contributed by atoms with van der Waals surface area (Å²) in [6.45, 7) is 0. The quantitative estimate of drug-likeness (QED) is 0.512. The Morgan fingerprint density at radius 2 is 1.86 bits per heavy atom. The van der Waals surface area contributed by atoms with E-state index in [2.05, 4.69) is 31.2 Å². The summed E-state index contributed by atoms with van der Waals surface area (Å²) in [7, 11) is 0. The molecule has 6 heteroatoms. The number of rotatable bonds is 1. The molecular weight excluding hydrogens is 348 g/mol. The van der Waals surface area contributed by atoms with E-state index in [0.717, 1.165) is 27.4 Å². The molecule has 0 bridgehead atoms. The van der Waals surface area contributed by atoms with Crippen LogP contribution in [-0.2, 0) is 0 Å². The Labute approximate surface area is 132 Å². The van der Waals surface area contributed by atoms with E-state index in [4.69, 9.17) is 0 Å². The molecule has 0 atom stereocenters. The van der Waals surface area contributed by atoms with Gasteiger partial charge in [0.1, 0.15) is 0 Å². The van der Waals surface area contributed by atoms with E-state index < -0.39 is 0 Å². The first-order valence-electron chi connectivity index (χ1n) is 6.59. The van der Waals surface area contributed by atoms with Gasteiger partial charge in [-0.25, -0.2) is 0 Å². The molecule has 0 aliphatic heterocycles. The molecule has 22 heavy (non-hydrogen) atoms. The van der Waals surface area contributed by atoms with Gasteiger partial charge in [-0.15, -0.1) is 0 Å². The predicted octanol–water partition coefficient (Wildman–Crippen LogP) is 2.00. The fourth-order valence-corrected chi connectivity index (χ4v) is 3.20. The van der Waals surface area contributed by atoms with Crippen molar-refractivity contribution in [1.82, 2.24) is 15.2 Å². The van der Waals surface area contributed by atoms with Gasteiger partial charge in [0, 0.05) is 0 Å². The summed E-state index contributed by atoms with van der Waals surface area (Å²) < 4.78 is 13.7. The second-order valence-electron chi connectivity index (χ2n) is 5.02. The third kappa shape index (κ3) is 1.96. The topological polar surface area (TPSA) is 61.5 Å². The van der Waals surface area contributed by atoms with Gasteiger partial charge in [-0.05, 0) is 0 Å². The minimum absolute atomic E-state index is 0.203. The van der Waals surface area contributed by atoms with Gasteiger partial charge < -0.3 is 0 Å². The normalized spacial score (nSPS) is 11.3. The predicted molar refractivity (Wildman–Crippen MR) is 85.0 cm³/mol. The summed E-state index contributed by atoms with van der Waals surface area (Å²) in [5.41, 5.74) is 2.91. The van der Waals surface area contributed by atoms with E-state index >= 15 is 0 Å². The van der Waals surface area contributed by atoms with Gasteiger partial charge in [-0.2, -0.15) is 0 Å². The molecule has 4 rings (SSSR count). The first-order chi connectivity index (χ1) is 10.6. The van der Waals surface area contributed by atoms with Crippen molar-refractivity contribution in [1.29, 1.82) is 0 Å². The van der Waals surface area contributed by atoms with Crippen LogP contribution in [0.25, 0.3) is 32.9 Å². The Bertz CT molecular complexity index is 1070. The van der Waals surface area contributed by atoms with Gasteiger partial charge in [-0.1, -0.05) is 0 Å². The second kappa shape index (κ2) is 4.80. The molecule has 2 aromatic heterocycles. The summed E-state index contributed by atoms with van der Waals surface area (Å²) in [5, 5.41) is 8.72. The summed E-state index contributed by atoms with van der Waals surface area (Å²) in [5.74, 6) is -0.309. The molecule has 0 unspecified atom stereocenters. The van der Waals surface area contributed by atoms with Crippen LogP contribution < -0.4 is 10.0 Å². The van der Waals surface area contributed by atoms with Crippen molar-refractivity contribution in [3.63, 3.8) is 0 Å². The molecule has 107 valence electrons. The molecule has 0 aliphatic carbocycles. The SMILES string of the molecule is O=c1[nH]c2cc3[nH]ncc3cc2c(-c2ccc(F)cc2)c1[Se]. The van der Waals surface area contributed by atoms with Crippen LogP contribution >= 0.6 is 0 Å². The maximum absolute atomic E-state index is 13.2. The number of fused-ring (bicyclic) bond motifs is 2. The van der Waals surface area contributed by atoms with E-state index in [1.54, 1.807) is 18.3 Å². The van der Waals surface area contributed by atoms with Crippen LogP contribution in [0.5, 0.6) is 0 Å². The van der Waals surface area contributed by atoms with E-state index in [1.165, 1.54) is 12.1 Å². The third-order valence-electron chi connectivity index (χ3n) is 3.66. The van der Waals surface area contributed by atoms with Crippen LogP contribution in [0, 0.1) is 5.82 Å². The van der Waals surface area contributed by atoms with Gasteiger partial charge in [0.2, 0.25) is 0 Å². The van der Waals surface area contributed by atoms with Gasteiger partial charge in [-0.3, -0.25) is 0 Å². The van der Waals surface area contributed by atoms with Crippen LogP contribution in [-0.4, -0.2) is 31.2 Å². The fraction of sp³-hybridized carbons (Fsp3) is 0. The van der Waals surface area contributed by atoms with E-state index in [0.29, 0.717) is 9.98 Å². The number of hydrogen-bond acceptors (Lipinski definition) is 2. The number of halogens is 1. The van der Waals surface area contributed by atoms with Crippen LogP contribution in [0.3, 0.4) is 0 Å². The molecule has 0 fully saturated rings. The van der Waals surface area contributed by atoms with Crippen LogP contribution in [0.15, 0.2) is 47.4 Å². The fourth-order valence-electron chi connectivity index (χ4n) is 2.62. The minimum atomic E-state index is -0.309. The number of aromatic amines is 2. The number of H-pyrrole nitrogens is 2. The molecule has 0 aliphatic rings.